The number of amides is 5. The number of primary amides is 1. The lowest BCUT2D eigenvalue weighted by Gasteiger charge is -2.27. The van der Waals surface area contributed by atoms with E-state index in [1.165, 1.54) is 0 Å². The van der Waals surface area contributed by atoms with Crippen molar-refractivity contribution in [1.29, 1.82) is 0 Å². The summed E-state index contributed by atoms with van der Waals surface area (Å²) in [6.07, 6.45) is 2.23. The molecule has 0 aliphatic carbocycles. The van der Waals surface area contributed by atoms with Crippen molar-refractivity contribution in [3.63, 3.8) is 0 Å². The van der Waals surface area contributed by atoms with Crippen molar-refractivity contribution in [3.8, 4) is 0 Å². The molecule has 1 heterocycles. The van der Waals surface area contributed by atoms with E-state index in [0.29, 0.717) is 45.3 Å². The van der Waals surface area contributed by atoms with Gasteiger partial charge >= 0.3 is 0 Å². The summed E-state index contributed by atoms with van der Waals surface area (Å²) in [6, 6.07) is 33.0. The Morgan fingerprint density at radius 2 is 1.10 bits per heavy atom. The highest BCUT2D eigenvalue weighted by Gasteiger charge is 2.34. The molecule has 5 aromatic carbocycles. The molecule has 0 spiro atoms. The van der Waals surface area contributed by atoms with Crippen LogP contribution in [0.2, 0.25) is 0 Å². The van der Waals surface area contributed by atoms with Crippen LogP contribution in [0.25, 0.3) is 21.5 Å². The molecule has 1 aliphatic heterocycles. The number of hydrogen-bond acceptors (Lipinski definition) is 9. The molecule has 0 aromatic heterocycles. The number of hydrogen-bond donors (Lipinski definition) is 7. The second-order valence-electron chi connectivity index (χ2n) is 18.9. The van der Waals surface area contributed by atoms with Gasteiger partial charge in [0, 0.05) is 43.1 Å². The summed E-state index contributed by atoms with van der Waals surface area (Å²) in [5.41, 5.74) is 8.09. The number of carbonyl (C=O) groups excluding carboxylic acids is 7. The Labute approximate surface area is 410 Å². The second-order valence-corrected chi connectivity index (χ2v) is 18.9. The quantitative estimate of drug-likeness (QED) is 0.0368. The Morgan fingerprint density at radius 1 is 0.586 bits per heavy atom. The molecule has 14 nitrogen and oxygen atoms in total. The minimum atomic E-state index is -1.44. The third kappa shape index (κ3) is 15.6. The van der Waals surface area contributed by atoms with E-state index >= 15 is 0 Å². The zero-order chi connectivity index (χ0) is 50.0. The number of Topliss-reactive ketones (excluding diaryl/α,β-unsaturated/α-hetero) is 2. The first-order valence-corrected chi connectivity index (χ1v) is 24.6. The van der Waals surface area contributed by atoms with Crippen LogP contribution in [0.4, 0.5) is 0 Å². The number of aliphatic hydroxyl groups excluding tert-OH is 1. The number of nitrogens with one attached hydrogen (secondary N) is 5. The fourth-order valence-corrected chi connectivity index (χ4v) is 9.04. The third-order valence-corrected chi connectivity index (χ3v) is 13.2. The largest absolute Gasteiger partial charge is 0.394 e. The van der Waals surface area contributed by atoms with Gasteiger partial charge in [0.05, 0.1) is 12.6 Å². The van der Waals surface area contributed by atoms with Gasteiger partial charge in [-0.15, -0.1) is 0 Å². The Balaban J connectivity index is 1.21. The van der Waals surface area contributed by atoms with Crippen molar-refractivity contribution < 1.29 is 38.7 Å². The Morgan fingerprint density at radius 3 is 1.66 bits per heavy atom. The van der Waals surface area contributed by atoms with Crippen LogP contribution in [0.3, 0.4) is 0 Å². The monoisotopic (exact) mass is 953 g/mol. The average Bonchev–Trinajstić information content (AvgIpc) is 3.36. The molecule has 1 aliphatic rings. The number of aliphatic hydroxyl groups is 1. The summed E-state index contributed by atoms with van der Waals surface area (Å²) in [4.78, 5) is 95.8. The lowest BCUT2D eigenvalue weighted by atomic mass is 9.87. The van der Waals surface area contributed by atoms with Gasteiger partial charge in [-0.25, -0.2) is 0 Å². The third-order valence-electron chi connectivity index (χ3n) is 13.2. The van der Waals surface area contributed by atoms with E-state index in [9.17, 15) is 38.7 Å². The Bertz CT molecular complexity index is 2600. The minimum Gasteiger partial charge on any atom is -0.394 e. The first kappa shape index (κ1) is 52.6. The van der Waals surface area contributed by atoms with Crippen LogP contribution in [0.5, 0.6) is 0 Å². The van der Waals surface area contributed by atoms with E-state index in [2.05, 4.69) is 26.6 Å². The highest BCUT2D eigenvalue weighted by atomic mass is 16.3. The van der Waals surface area contributed by atoms with Crippen LogP contribution in [0, 0.1) is 23.7 Å². The zero-order valence-corrected chi connectivity index (χ0v) is 40.3. The van der Waals surface area contributed by atoms with Crippen molar-refractivity contribution in [1.82, 2.24) is 26.6 Å². The maximum absolute atomic E-state index is 14.7. The lowest BCUT2D eigenvalue weighted by molar-refractivity contribution is -0.136. The fraction of sp³-hybridized carbons (Fsp3) is 0.411. The molecule has 6 rings (SSSR count). The molecule has 0 saturated carbocycles. The minimum absolute atomic E-state index is 0.0886. The highest BCUT2D eigenvalue weighted by molar-refractivity contribution is 5.97. The molecule has 0 unspecified atom stereocenters. The van der Waals surface area contributed by atoms with Crippen LogP contribution in [-0.4, -0.2) is 90.6 Å². The van der Waals surface area contributed by atoms with Crippen LogP contribution in [-0.2, 0) is 52.8 Å². The average molecular weight is 953 g/mol. The number of piperidine rings is 1. The predicted molar refractivity (Wildman–Crippen MR) is 271 cm³/mol. The zero-order valence-electron chi connectivity index (χ0n) is 40.3. The summed E-state index contributed by atoms with van der Waals surface area (Å²) < 4.78 is 0. The SMILES string of the molecule is CC(C)C(=O)NCCCC[C@H](NC(=O)[C@@H](CC(=O)[C@H](CO)NC(=O)[C@H](CC(=O)[C@@H](Cc1ccc2ccccc2c1)NC(=O)C1CCNCC1)Cc1ccc2ccccc2c1)Cc1ccccc1)C(N)=O. The molecule has 0 radical (unpaired) electrons. The van der Waals surface area contributed by atoms with Crippen molar-refractivity contribution in [3.05, 3.63) is 132 Å². The van der Waals surface area contributed by atoms with Crippen molar-refractivity contribution in [2.24, 2.45) is 29.4 Å². The molecular weight excluding hydrogens is 885 g/mol. The molecular formula is C56H68N6O8. The summed E-state index contributed by atoms with van der Waals surface area (Å²) in [7, 11) is 0. The normalized spacial score (nSPS) is 15.0. The van der Waals surface area contributed by atoms with E-state index in [1.807, 2.05) is 103 Å². The summed E-state index contributed by atoms with van der Waals surface area (Å²) >= 11 is 0. The molecule has 5 amide bonds. The van der Waals surface area contributed by atoms with Gasteiger partial charge in [0.2, 0.25) is 29.5 Å². The van der Waals surface area contributed by atoms with Gasteiger partial charge in [-0.2, -0.15) is 0 Å². The molecule has 370 valence electrons. The van der Waals surface area contributed by atoms with E-state index in [4.69, 9.17) is 5.73 Å². The number of benzene rings is 5. The number of unbranched alkanes of at least 4 members (excludes halogenated alkanes) is 1. The van der Waals surface area contributed by atoms with Crippen LogP contribution in [0.1, 0.15) is 75.5 Å². The standard InChI is InChI=1S/C56H68N6O8/c1-36(2)53(67)59-25-11-10-18-47(52(57)66)60-55(69)45(28-37-12-4-3-5-13-37)34-51(65)49(35-63)62-56(70)46(31-38-19-21-40-14-6-8-16-43(40)29-38)33-50(64)48(61-54(68)42-23-26-58-27-24-42)32-39-20-22-41-15-7-9-17-44(41)30-39/h3-9,12-17,19-22,29-30,36,42,45-49,58,63H,10-11,18,23-28,31-35H2,1-2H3,(H2,57,66)(H,59,67)(H,60,69)(H,61,68)(H,62,70)/t45-,46+,47+,48-,49+/m1/s1. The molecule has 14 heteroatoms. The first-order chi connectivity index (χ1) is 33.8. The van der Waals surface area contributed by atoms with E-state index < -0.39 is 66.5 Å². The molecule has 70 heavy (non-hydrogen) atoms. The van der Waals surface area contributed by atoms with Gasteiger partial charge in [0.1, 0.15) is 12.1 Å². The van der Waals surface area contributed by atoms with Gasteiger partial charge in [0.15, 0.2) is 11.6 Å². The van der Waals surface area contributed by atoms with E-state index in [-0.39, 0.29) is 61.5 Å². The molecule has 0 bridgehead atoms. The van der Waals surface area contributed by atoms with Crippen LogP contribution in [0.15, 0.2) is 115 Å². The number of rotatable bonds is 26. The van der Waals surface area contributed by atoms with Crippen LogP contribution < -0.4 is 32.3 Å². The summed E-state index contributed by atoms with van der Waals surface area (Å²) in [5, 5.41) is 29.3. The predicted octanol–water partition coefficient (Wildman–Crippen LogP) is 5.05. The van der Waals surface area contributed by atoms with Gasteiger partial charge < -0.3 is 37.4 Å². The number of fused-ring (bicyclic) bond motifs is 2. The molecule has 1 fully saturated rings. The summed E-state index contributed by atoms with van der Waals surface area (Å²) in [5.74, 6) is -5.75. The Hall–Kier alpha value is -6.77. The van der Waals surface area contributed by atoms with Crippen LogP contribution >= 0.6 is 0 Å². The van der Waals surface area contributed by atoms with Gasteiger partial charge in [-0.05, 0) is 103 Å². The molecule has 1 saturated heterocycles. The van der Waals surface area contributed by atoms with Crippen molar-refractivity contribution >= 4 is 62.6 Å². The maximum atomic E-state index is 14.7. The fourth-order valence-electron chi connectivity index (χ4n) is 9.04. The molecule has 8 N–H and O–H groups in total. The number of carbonyl (C=O) groups is 7. The van der Waals surface area contributed by atoms with Gasteiger partial charge in [0.25, 0.3) is 0 Å². The number of ketones is 2. The van der Waals surface area contributed by atoms with Gasteiger partial charge in [-0.3, -0.25) is 33.6 Å². The molecule has 5 aromatic rings. The van der Waals surface area contributed by atoms with E-state index in [1.54, 1.807) is 26.0 Å². The summed E-state index contributed by atoms with van der Waals surface area (Å²) in [6.45, 7) is 4.57. The second kappa shape index (κ2) is 26.3. The first-order valence-electron chi connectivity index (χ1n) is 24.6. The highest BCUT2D eigenvalue weighted by Crippen LogP contribution is 2.24. The smallest absolute Gasteiger partial charge is 0.239 e. The lowest BCUT2D eigenvalue weighted by Crippen LogP contribution is -2.50. The van der Waals surface area contributed by atoms with Crippen molar-refractivity contribution in [2.45, 2.75) is 96.2 Å². The van der Waals surface area contributed by atoms with Crippen molar-refractivity contribution in [2.75, 3.05) is 26.2 Å². The Kier molecular flexibility index (Phi) is 19.7. The van der Waals surface area contributed by atoms with E-state index in [0.717, 1.165) is 38.2 Å². The topological polar surface area (TPSA) is 226 Å². The van der Waals surface area contributed by atoms with Gasteiger partial charge in [-0.1, -0.05) is 129 Å². The number of nitrogens with two attached hydrogens (primary N) is 1. The molecule has 5 atom stereocenters. The maximum Gasteiger partial charge on any atom is 0.239 e.